The van der Waals surface area contributed by atoms with Gasteiger partial charge in [-0.15, -0.1) is 0 Å². The van der Waals surface area contributed by atoms with Crippen molar-refractivity contribution in [2.75, 3.05) is 33.6 Å². The predicted molar refractivity (Wildman–Crippen MR) is 99.6 cm³/mol. The van der Waals surface area contributed by atoms with Gasteiger partial charge in [-0.3, -0.25) is 4.79 Å². The number of aryl methyl sites for hydroxylation is 1. The van der Waals surface area contributed by atoms with Gasteiger partial charge >= 0.3 is 0 Å². The molecule has 1 amide bonds. The van der Waals surface area contributed by atoms with Gasteiger partial charge in [0.15, 0.2) is 11.5 Å². The lowest BCUT2D eigenvalue weighted by atomic mass is 10.1. The third-order valence-electron chi connectivity index (χ3n) is 3.85. The summed E-state index contributed by atoms with van der Waals surface area (Å²) in [6.45, 7) is 1.69. The molecule has 1 N–H and O–H groups in total. The summed E-state index contributed by atoms with van der Waals surface area (Å²) in [6.07, 6.45) is 0. The molecule has 0 bridgehead atoms. The molecule has 0 heterocycles. The molecule has 0 saturated carbocycles. The Morgan fingerprint density at radius 2 is 1.65 bits per heavy atom. The minimum Gasteiger partial charge on any atom is -0.493 e. The van der Waals surface area contributed by atoms with Gasteiger partial charge in [0.1, 0.15) is 0 Å². The molecule has 2 aromatic rings. The number of sulfonamides is 1. The summed E-state index contributed by atoms with van der Waals surface area (Å²) < 4.78 is 36.3. The Morgan fingerprint density at radius 3 is 2.23 bits per heavy atom. The maximum absolute atomic E-state index is 12.5. The van der Waals surface area contributed by atoms with Crippen LogP contribution in [0.15, 0.2) is 41.3 Å². The van der Waals surface area contributed by atoms with Crippen molar-refractivity contribution in [2.24, 2.45) is 0 Å². The van der Waals surface area contributed by atoms with Gasteiger partial charge in [-0.1, -0.05) is 6.07 Å². The first-order valence-corrected chi connectivity index (χ1v) is 9.21. The molecule has 140 valence electrons. The van der Waals surface area contributed by atoms with Crippen molar-refractivity contribution in [3.8, 4) is 11.5 Å². The SMILES string of the molecule is COc1ccc(NC(=O)c2ccc(C)c(S(=O)(=O)N(C)C)c2)cc1OC. The second-order valence-electron chi connectivity index (χ2n) is 5.79. The number of methoxy groups -OCH3 is 2. The monoisotopic (exact) mass is 378 g/mol. The summed E-state index contributed by atoms with van der Waals surface area (Å²) in [5, 5.41) is 2.73. The Bertz CT molecular complexity index is 923. The number of hydrogen-bond donors (Lipinski definition) is 1. The molecule has 0 spiro atoms. The lowest BCUT2D eigenvalue weighted by Gasteiger charge is -2.15. The minimum absolute atomic E-state index is 0.0995. The van der Waals surface area contributed by atoms with Crippen molar-refractivity contribution >= 4 is 21.6 Å². The highest BCUT2D eigenvalue weighted by atomic mass is 32.2. The van der Waals surface area contributed by atoms with Crippen molar-refractivity contribution in [2.45, 2.75) is 11.8 Å². The average molecular weight is 378 g/mol. The van der Waals surface area contributed by atoms with E-state index in [9.17, 15) is 13.2 Å². The van der Waals surface area contributed by atoms with Crippen LogP contribution in [0.1, 0.15) is 15.9 Å². The van der Waals surface area contributed by atoms with Crippen LogP contribution in [0.3, 0.4) is 0 Å². The lowest BCUT2D eigenvalue weighted by Crippen LogP contribution is -2.23. The van der Waals surface area contributed by atoms with Gasteiger partial charge in [-0.2, -0.15) is 0 Å². The van der Waals surface area contributed by atoms with Gasteiger partial charge < -0.3 is 14.8 Å². The number of carbonyl (C=O) groups excluding carboxylic acids is 1. The quantitative estimate of drug-likeness (QED) is 0.835. The van der Waals surface area contributed by atoms with Gasteiger partial charge in [0, 0.05) is 31.4 Å². The molecule has 0 aliphatic rings. The fraction of sp³-hybridized carbons (Fsp3) is 0.278. The molecule has 2 rings (SSSR count). The highest BCUT2D eigenvalue weighted by Crippen LogP contribution is 2.30. The smallest absolute Gasteiger partial charge is 0.255 e. The summed E-state index contributed by atoms with van der Waals surface area (Å²) in [6, 6.07) is 9.54. The Balaban J connectivity index is 2.34. The molecular weight excluding hydrogens is 356 g/mol. The van der Waals surface area contributed by atoms with Gasteiger partial charge in [0.25, 0.3) is 5.91 Å². The van der Waals surface area contributed by atoms with Crippen molar-refractivity contribution in [3.63, 3.8) is 0 Å². The molecule has 26 heavy (non-hydrogen) atoms. The predicted octanol–water partition coefficient (Wildman–Crippen LogP) is 2.51. The fourth-order valence-corrected chi connectivity index (χ4v) is 3.48. The van der Waals surface area contributed by atoms with E-state index in [-0.39, 0.29) is 10.5 Å². The molecule has 0 aromatic heterocycles. The second-order valence-corrected chi connectivity index (χ2v) is 7.91. The summed E-state index contributed by atoms with van der Waals surface area (Å²) >= 11 is 0. The Morgan fingerprint density at radius 1 is 1.00 bits per heavy atom. The first kappa shape index (κ1) is 19.7. The fourth-order valence-electron chi connectivity index (χ4n) is 2.33. The van der Waals surface area contributed by atoms with E-state index in [0.29, 0.717) is 22.7 Å². The van der Waals surface area contributed by atoms with Crippen molar-refractivity contribution < 1.29 is 22.7 Å². The van der Waals surface area contributed by atoms with Gasteiger partial charge in [-0.25, -0.2) is 12.7 Å². The standard InChI is InChI=1S/C18H22N2O5S/c1-12-6-7-13(10-17(12)26(22,23)20(2)3)18(21)19-14-8-9-15(24-4)16(11-14)25-5/h6-11H,1-5H3,(H,19,21). The van der Waals surface area contributed by atoms with E-state index in [1.54, 1.807) is 37.3 Å². The van der Waals surface area contributed by atoms with Crippen LogP contribution in [0.5, 0.6) is 11.5 Å². The molecule has 0 fully saturated rings. The summed E-state index contributed by atoms with van der Waals surface area (Å²) in [5.74, 6) is 0.595. The van der Waals surface area contributed by atoms with Crippen molar-refractivity contribution in [3.05, 3.63) is 47.5 Å². The zero-order chi connectivity index (χ0) is 19.5. The van der Waals surface area contributed by atoms with Crippen LogP contribution in [0.2, 0.25) is 0 Å². The van der Waals surface area contributed by atoms with Gasteiger partial charge in [0.2, 0.25) is 10.0 Å². The largest absolute Gasteiger partial charge is 0.493 e. The van der Waals surface area contributed by atoms with E-state index in [4.69, 9.17) is 9.47 Å². The number of hydrogen-bond acceptors (Lipinski definition) is 5. The van der Waals surface area contributed by atoms with E-state index in [2.05, 4.69) is 5.32 Å². The number of benzene rings is 2. The van der Waals surface area contributed by atoms with E-state index in [0.717, 1.165) is 4.31 Å². The minimum atomic E-state index is -3.64. The number of ether oxygens (including phenoxy) is 2. The summed E-state index contributed by atoms with van der Waals surface area (Å²) in [7, 11) is 2.28. The first-order valence-electron chi connectivity index (χ1n) is 7.77. The second kappa shape index (κ2) is 7.76. The molecule has 7 nitrogen and oxygen atoms in total. The zero-order valence-electron chi connectivity index (χ0n) is 15.4. The first-order chi connectivity index (χ1) is 12.2. The Hall–Kier alpha value is -2.58. The van der Waals surface area contributed by atoms with Crippen LogP contribution >= 0.6 is 0 Å². The molecule has 2 aromatic carbocycles. The van der Waals surface area contributed by atoms with E-state index < -0.39 is 15.9 Å². The van der Waals surface area contributed by atoms with E-state index in [1.807, 2.05) is 0 Å². The summed E-state index contributed by atoms with van der Waals surface area (Å²) in [5.41, 5.74) is 1.32. The highest BCUT2D eigenvalue weighted by Gasteiger charge is 2.21. The summed E-state index contributed by atoms with van der Waals surface area (Å²) in [4.78, 5) is 12.6. The molecule has 0 radical (unpaired) electrons. The molecular formula is C18H22N2O5S. The van der Waals surface area contributed by atoms with Gasteiger partial charge in [0.05, 0.1) is 19.1 Å². The molecule has 0 atom stereocenters. The Labute approximate surface area is 153 Å². The molecule has 0 aliphatic heterocycles. The number of nitrogens with one attached hydrogen (secondary N) is 1. The lowest BCUT2D eigenvalue weighted by molar-refractivity contribution is 0.102. The van der Waals surface area contributed by atoms with Crippen LogP contribution < -0.4 is 14.8 Å². The number of anilines is 1. The topological polar surface area (TPSA) is 84.9 Å². The number of rotatable bonds is 6. The van der Waals surface area contributed by atoms with Gasteiger partial charge in [-0.05, 0) is 36.8 Å². The third kappa shape index (κ3) is 3.97. The number of amides is 1. The maximum atomic E-state index is 12.5. The number of nitrogens with zero attached hydrogens (tertiary/aromatic N) is 1. The zero-order valence-corrected chi connectivity index (χ0v) is 16.2. The van der Waals surface area contributed by atoms with Crippen LogP contribution in [0, 0.1) is 6.92 Å². The number of carbonyl (C=O) groups is 1. The Kier molecular flexibility index (Phi) is 5.89. The molecule has 8 heteroatoms. The highest BCUT2D eigenvalue weighted by molar-refractivity contribution is 7.89. The van der Waals surface area contributed by atoms with Crippen molar-refractivity contribution in [1.82, 2.24) is 4.31 Å². The van der Waals surface area contributed by atoms with Crippen LogP contribution in [0.25, 0.3) is 0 Å². The molecule has 0 saturated heterocycles. The van der Waals surface area contributed by atoms with E-state index in [1.165, 1.54) is 34.4 Å². The van der Waals surface area contributed by atoms with Crippen molar-refractivity contribution in [1.29, 1.82) is 0 Å². The van der Waals surface area contributed by atoms with Crippen LogP contribution in [-0.2, 0) is 10.0 Å². The molecule has 0 unspecified atom stereocenters. The average Bonchev–Trinajstić information content (AvgIpc) is 2.61. The normalized spacial score (nSPS) is 11.3. The maximum Gasteiger partial charge on any atom is 0.255 e. The van der Waals surface area contributed by atoms with Crippen LogP contribution in [-0.4, -0.2) is 46.9 Å². The molecule has 0 aliphatic carbocycles. The van der Waals surface area contributed by atoms with E-state index >= 15 is 0 Å². The third-order valence-corrected chi connectivity index (χ3v) is 5.81. The van der Waals surface area contributed by atoms with Crippen LogP contribution in [0.4, 0.5) is 5.69 Å².